The van der Waals surface area contributed by atoms with Crippen molar-refractivity contribution in [1.29, 1.82) is 0 Å². The van der Waals surface area contributed by atoms with Crippen LogP contribution in [-0.2, 0) is 44.7 Å². The van der Waals surface area contributed by atoms with Crippen LogP contribution in [0.25, 0.3) is 20.4 Å². The SMILES string of the molecule is O=C(Oc1ccc(CCNCCCCCCOCCCc2ccccc2)c2sc(=O)[nH]c12)C(=O)Oc1ccc(CCNCCCCCCOCCCc2ccccc2)c2sc(=O)[nH]c12. The third-order valence-electron chi connectivity index (χ3n) is 10.9. The van der Waals surface area contributed by atoms with Gasteiger partial charge in [-0.2, -0.15) is 0 Å². The van der Waals surface area contributed by atoms with Crippen LogP contribution in [0.3, 0.4) is 0 Å². The number of hydrogen-bond acceptors (Lipinski definition) is 12. The third kappa shape index (κ3) is 16.2. The molecule has 0 bridgehead atoms. The fourth-order valence-corrected chi connectivity index (χ4v) is 9.32. The van der Waals surface area contributed by atoms with Gasteiger partial charge in [0.25, 0.3) is 0 Å². The van der Waals surface area contributed by atoms with Gasteiger partial charge in [0.1, 0.15) is 11.0 Å². The zero-order valence-corrected chi connectivity index (χ0v) is 38.4. The molecule has 0 spiro atoms. The van der Waals surface area contributed by atoms with E-state index < -0.39 is 11.9 Å². The Balaban J connectivity index is 0.850. The number of carbonyl (C=O) groups is 2. The molecule has 342 valence electrons. The second-order valence-electron chi connectivity index (χ2n) is 15.9. The summed E-state index contributed by atoms with van der Waals surface area (Å²) in [4.78, 5) is 55.8. The first-order valence-electron chi connectivity index (χ1n) is 22.8. The number of hydrogen-bond donors (Lipinski definition) is 4. The zero-order valence-electron chi connectivity index (χ0n) is 36.7. The molecule has 6 aromatic rings. The standard InChI is InChI=1S/C50H62N4O8S2/c55-47(61-41-25-23-39(45-43(41)53-49(57)63-45)27-31-51-29-11-1-3-13-33-59-35-15-21-37-17-7-5-8-18-37)48(56)62-42-26-24-40(46-44(42)54-50(58)64-46)28-32-52-30-12-2-4-14-34-60-36-16-22-38-19-9-6-10-20-38/h5-10,17-20,23-26,51-52H,1-4,11-16,21-22,27-36H2,(H,53,57)(H,54,58). The van der Waals surface area contributed by atoms with Gasteiger partial charge >= 0.3 is 21.7 Å². The number of aromatic nitrogens is 2. The highest BCUT2D eigenvalue weighted by Gasteiger charge is 2.24. The quantitative estimate of drug-likeness (QED) is 0.0149. The van der Waals surface area contributed by atoms with Gasteiger partial charge < -0.3 is 39.5 Å². The van der Waals surface area contributed by atoms with E-state index in [-0.39, 0.29) is 21.2 Å². The molecule has 0 aliphatic carbocycles. The number of H-pyrrole nitrogens is 2. The molecule has 64 heavy (non-hydrogen) atoms. The number of ether oxygens (including phenoxy) is 4. The summed E-state index contributed by atoms with van der Waals surface area (Å²) in [5, 5.41) is 6.97. The number of rotatable bonds is 30. The Kier molecular flexibility index (Phi) is 20.8. The third-order valence-corrected chi connectivity index (χ3v) is 12.9. The molecule has 6 rings (SSSR count). The van der Waals surface area contributed by atoms with Crippen molar-refractivity contribution in [3.05, 3.63) is 127 Å². The zero-order chi connectivity index (χ0) is 44.6. The van der Waals surface area contributed by atoms with Crippen LogP contribution in [0.5, 0.6) is 11.5 Å². The lowest BCUT2D eigenvalue weighted by molar-refractivity contribution is -0.156. The van der Waals surface area contributed by atoms with Crippen molar-refractivity contribution in [2.75, 3.05) is 52.6 Å². The molecule has 14 heteroatoms. The molecule has 0 aliphatic rings. The van der Waals surface area contributed by atoms with Gasteiger partial charge in [0.2, 0.25) is 0 Å². The van der Waals surface area contributed by atoms with E-state index in [2.05, 4.69) is 69.1 Å². The smallest absolute Gasteiger partial charge is 0.416 e. The van der Waals surface area contributed by atoms with Crippen LogP contribution >= 0.6 is 22.7 Å². The van der Waals surface area contributed by atoms with Gasteiger partial charge in [-0.3, -0.25) is 9.59 Å². The summed E-state index contributed by atoms with van der Waals surface area (Å²) in [6.07, 6.45) is 14.3. The molecule has 0 radical (unpaired) electrons. The first kappa shape index (κ1) is 48.5. The maximum absolute atomic E-state index is 13.0. The number of aryl methyl sites for hydroxylation is 2. The number of benzene rings is 4. The summed E-state index contributed by atoms with van der Waals surface area (Å²) in [6, 6.07) is 27.8. The van der Waals surface area contributed by atoms with E-state index in [0.717, 1.165) is 163 Å². The normalized spacial score (nSPS) is 11.4. The molecule has 0 saturated carbocycles. The Morgan fingerprint density at radius 2 is 0.859 bits per heavy atom. The van der Waals surface area contributed by atoms with Gasteiger partial charge in [0.15, 0.2) is 11.5 Å². The number of thiazole rings is 2. The van der Waals surface area contributed by atoms with Crippen molar-refractivity contribution in [3.8, 4) is 11.5 Å². The molecule has 4 aromatic carbocycles. The summed E-state index contributed by atoms with van der Waals surface area (Å²) < 4.78 is 23.9. The molecular weight excluding hydrogens is 849 g/mol. The minimum atomic E-state index is -1.25. The Morgan fingerprint density at radius 1 is 0.453 bits per heavy atom. The van der Waals surface area contributed by atoms with E-state index in [1.54, 1.807) is 24.3 Å². The first-order valence-corrected chi connectivity index (χ1v) is 24.5. The fraction of sp³-hybridized carbons (Fsp3) is 0.440. The predicted octanol–water partition coefficient (Wildman–Crippen LogP) is 8.69. The second-order valence-corrected chi connectivity index (χ2v) is 17.9. The van der Waals surface area contributed by atoms with Crippen LogP contribution in [0.4, 0.5) is 0 Å². The minimum absolute atomic E-state index is 0.0586. The van der Waals surface area contributed by atoms with E-state index in [1.807, 2.05) is 12.1 Å². The molecule has 2 aromatic heterocycles. The van der Waals surface area contributed by atoms with Crippen molar-refractivity contribution >= 4 is 55.0 Å². The van der Waals surface area contributed by atoms with E-state index in [0.29, 0.717) is 33.3 Å². The van der Waals surface area contributed by atoms with Gasteiger partial charge in [-0.05, 0) is 125 Å². The largest absolute Gasteiger partial charge is 0.423 e. The van der Waals surface area contributed by atoms with Crippen LogP contribution in [0.2, 0.25) is 0 Å². The van der Waals surface area contributed by atoms with Crippen molar-refractivity contribution < 1.29 is 28.5 Å². The maximum atomic E-state index is 13.0. The molecule has 0 unspecified atom stereocenters. The Hall–Kier alpha value is -4.96. The van der Waals surface area contributed by atoms with Gasteiger partial charge in [-0.1, -0.05) is 121 Å². The highest BCUT2D eigenvalue weighted by atomic mass is 32.1. The molecule has 2 heterocycles. The number of fused-ring (bicyclic) bond motifs is 2. The highest BCUT2D eigenvalue weighted by Crippen LogP contribution is 2.31. The fourth-order valence-electron chi connectivity index (χ4n) is 7.53. The van der Waals surface area contributed by atoms with Crippen molar-refractivity contribution in [2.24, 2.45) is 0 Å². The average Bonchev–Trinajstić information content (AvgIpc) is 3.91. The average molecular weight is 911 g/mol. The molecular formula is C50H62N4O8S2. The Labute approximate surface area is 383 Å². The maximum Gasteiger partial charge on any atom is 0.423 e. The van der Waals surface area contributed by atoms with Gasteiger partial charge in [0, 0.05) is 26.4 Å². The second kappa shape index (κ2) is 27.4. The number of esters is 2. The molecule has 0 atom stereocenters. The van der Waals surface area contributed by atoms with Crippen LogP contribution in [0, 0.1) is 0 Å². The lowest BCUT2D eigenvalue weighted by Gasteiger charge is -2.10. The predicted molar refractivity (Wildman–Crippen MR) is 257 cm³/mol. The summed E-state index contributed by atoms with van der Waals surface area (Å²) in [5.41, 5.74) is 5.27. The van der Waals surface area contributed by atoms with E-state index in [1.165, 1.54) is 11.1 Å². The summed E-state index contributed by atoms with van der Waals surface area (Å²) in [6.45, 7) is 6.41. The lowest BCUT2D eigenvalue weighted by Crippen LogP contribution is -2.25. The van der Waals surface area contributed by atoms with E-state index in [9.17, 15) is 19.2 Å². The van der Waals surface area contributed by atoms with Crippen LogP contribution in [-0.4, -0.2) is 74.5 Å². The monoisotopic (exact) mass is 910 g/mol. The first-order chi connectivity index (χ1) is 31.4. The van der Waals surface area contributed by atoms with Gasteiger partial charge in [-0.15, -0.1) is 0 Å². The summed E-state index contributed by atoms with van der Waals surface area (Å²) in [5.74, 6) is -2.38. The topological polar surface area (TPSA) is 161 Å². The van der Waals surface area contributed by atoms with Crippen LogP contribution in [0.1, 0.15) is 86.5 Å². The molecule has 4 N–H and O–H groups in total. The van der Waals surface area contributed by atoms with Crippen molar-refractivity contribution in [3.63, 3.8) is 0 Å². The van der Waals surface area contributed by atoms with Crippen LogP contribution < -0.4 is 29.9 Å². The highest BCUT2D eigenvalue weighted by molar-refractivity contribution is 7.17. The molecule has 12 nitrogen and oxygen atoms in total. The summed E-state index contributed by atoms with van der Waals surface area (Å²) >= 11 is 2.07. The van der Waals surface area contributed by atoms with Crippen molar-refractivity contribution in [2.45, 2.75) is 89.9 Å². The van der Waals surface area contributed by atoms with Gasteiger partial charge in [0.05, 0.1) is 9.40 Å². The number of nitrogens with one attached hydrogen (secondary N) is 4. The van der Waals surface area contributed by atoms with E-state index in [4.69, 9.17) is 18.9 Å². The molecule has 0 aliphatic heterocycles. The summed E-state index contributed by atoms with van der Waals surface area (Å²) in [7, 11) is 0. The van der Waals surface area contributed by atoms with E-state index >= 15 is 0 Å². The van der Waals surface area contributed by atoms with Crippen molar-refractivity contribution in [1.82, 2.24) is 20.6 Å². The number of unbranched alkanes of at least 4 members (excludes halogenated alkanes) is 6. The van der Waals surface area contributed by atoms with Crippen LogP contribution in [0.15, 0.2) is 94.5 Å². The number of carbonyl (C=O) groups excluding carboxylic acids is 2. The molecule has 0 saturated heterocycles. The number of aromatic amines is 2. The Bertz CT molecular complexity index is 2260. The van der Waals surface area contributed by atoms with Gasteiger partial charge in [-0.25, -0.2) is 9.59 Å². The minimum Gasteiger partial charge on any atom is -0.416 e. The molecule has 0 amide bonds. The molecule has 0 fully saturated rings. The Morgan fingerprint density at radius 3 is 1.30 bits per heavy atom. The lowest BCUT2D eigenvalue weighted by atomic mass is 10.1.